The standard InChI is InChI=1S/C24H21ClN2O4S/c1-14-11-20(26-22(28)17-9-5-6-10-18(17)25)32-21(14)23(29)27-13-16-8-4-3-7-15(16)12-19(27)24(30)31-2/h3-11,19H,12-13H2,1-2H3,(H,26,28). The third-order valence-electron chi connectivity index (χ3n) is 5.45. The summed E-state index contributed by atoms with van der Waals surface area (Å²) in [6, 6.07) is 15.6. The summed E-state index contributed by atoms with van der Waals surface area (Å²) in [4.78, 5) is 40.6. The Morgan fingerprint density at radius 3 is 2.50 bits per heavy atom. The molecule has 0 saturated heterocycles. The van der Waals surface area contributed by atoms with Gasteiger partial charge in [0, 0.05) is 13.0 Å². The molecule has 0 aliphatic carbocycles. The monoisotopic (exact) mass is 468 g/mol. The highest BCUT2D eigenvalue weighted by Crippen LogP contribution is 2.32. The molecule has 0 bridgehead atoms. The van der Waals surface area contributed by atoms with Crippen molar-refractivity contribution in [3.63, 3.8) is 0 Å². The maximum atomic E-state index is 13.5. The maximum Gasteiger partial charge on any atom is 0.328 e. The van der Waals surface area contributed by atoms with Gasteiger partial charge < -0.3 is 15.0 Å². The summed E-state index contributed by atoms with van der Waals surface area (Å²) in [7, 11) is 1.32. The first-order chi connectivity index (χ1) is 15.4. The van der Waals surface area contributed by atoms with Crippen LogP contribution in [0.1, 0.15) is 36.7 Å². The first-order valence-electron chi connectivity index (χ1n) is 10.0. The van der Waals surface area contributed by atoms with Gasteiger partial charge in [0.1, 0.15) is 6.04 Å². The number of amides is 2. The highest BCUT2D eigenvalue weighted by Gasteiger charge is 2.36. The van der Waals surface area contributed by atoms with Crippen molar-refractivity contribution in [3.8, 4) is 0 Å². The van der Waals surface area contributed by atoms with Gasteiger partial charge in [-0.1, -0.05) is 48.0 Å². The quantitative estimate of drug-likeness (QED) is 0.563. The number of esters is 1. The molecule has 0 fully saturated rings. The van der Waals surface area contributed by atoms with Crippen LogP contribution in [-0.2, 0) is 22.5 Å². The molecule has 2 heterocycles. The average Bonchev–Trinajstić information content (AvgIpc) is 3.17. The Hall–Kier alpha value is -3.16. The Morgan fingerprint density at radius 1 is 1.09 bits per heavy atom. The Bertz CT molecular complexity index is 1210. The normalized spacial score (nSPS) is 15.1. The molecule has 4 rings (SSSR count). The summed E-state index contributed by atoms with van der Waals surface area (Å²) in [5.41, 5.74) is 3.11. The molecule has 0 spiro atoms. The fourth-order valence-corrected chi connectivity index (χ4v) is 5.04. The lowest BCUT2D eigenvalue weighted by Gasteiger charge is -2.35. The first-order valence-corrected chi connectivity index (χ1v) is 11.2. The minimum Gasteiger partial charge on any atom is -0.467 e. The van der Waals surface area contributed by atoms with E-state index in [9.17, 15) is 14.4 Å². The van der Waals surface area contributed by atoms with Gasteiger partial charge in [0.2, 0.25) is 0 Å². The molecule has 1 unspecified atom stereocenters. The van der Waals surface area contributed by atoms with Crippen molar-refractivity contribution >= 4 is 45.7 Å². The second-order valence-corrected chi connectivity index (χ2v) is 8.96. The van der Waals surface area contributed by atoms with Crippen molar-refractivity contribution in [3.05, 3.63) is 86.8 Å². The lowest BCUT2D eigenvalue weighted by molar-refractivity contribution is -0.146. The summed E-state index contributed by atoms with van der Waals surface area (Å²) in [6.45, 7) is 2.12. The van der Waals surface area contributed by atoms with E-state index in [4.69, 9.17) is 16.3 Å². The molecule has 164 valence electrons. The molecule has 2 amide bonds. The predicted octanol–water partition coefficient (Wildman–Crippen LogP) is 4.70. The van der Waals surface area contributed by atoms with Gasteiger partial charge in [0.15, 0.2) is 0 Å². The number of carbonyl (C=O) groups is 3. The highest BCUT2D eigenvalue weighted by atomic mass is 35.5. The number of ether oxygens (including phenoxy) is 1. The van der Waals surface area contributed by atoms with E-state index in [-0.39, 0.29) is 11.8 Å². The van der Waals surface area contributed by atoms with E-state index in [0.29, 0.717) is 33.4 Å². The van der Waals surface area contributed by atoms with E-state index in [1.54, 1.807) is 42.2 Å². The number of thiophene rings is 1. The van der Waals surface area contributed by atoms with Crippen molar-refractivity contribution in [1.29, 1.82) is 0 Å². The molecular weight excluding hydrogens is 448 g/mol. The molecule has 32 heavy (non-hydrogen) atoms. The summed E-state index contributed by atoms with van der Waals surface area (Å²) in [5.74, 6) is -1.07. The van der Waals surface area contributed by atoms with Crippen LogP contribution >= 0.6 is 22.9 Å². The molecule has 0 radical (unpaired) electrons. The number of anilines is 1. The van der Waals surface area contributed by atoms with Crippen molar-refractivity contribution in [1.82, 2.24) is 4.90 Å². The fourth-order valence-electron chi connectivity index (χ4n) is 3.79. The van der Waals surface area contributed by atoms with Crippen LogP contribution in [0, 0.1) is 6.92 Å². The maximum absolute atomic E-state index is 13.5. The van der Waals surface area contributed by atoms with Gasteiger partial charge in [-0.2, -0.15) is 0 Å². The Labute approximate surface area is 194 Å². The van der Waals surface area contributed by atoms with Crippen molar-refractivity contribution < 1.29 is 19.1 Å². The average molecular weight is 469 g/mol. The van der Waals surface area contributed by atoms with Gasteiger partial charge in [-0.05, 0) is 41.8 Å². The van der Waals surface area contributed by atoms with E-state index in [0.717, 1.165) is 16.7 Å². The van der Waals surface area contributed by atoms with Crippen LogP contribution in [0.4, 0.5) is 5.00 Å². The Kier molecular flexibility index (Phi) is 6.30. The predicted molar refractivity (Wildman–Crippen MR) is 124 cm³/mol. The minimum absolute atomic E-state index is 0.268. The van der Waals surface area contributed by atoms with Crippen LogP contribution in [0.3, 0.4) is 0 Å². The first kappa shape index (κ1) is 22.0. The summed E-state index contributed by atoms with van der Waals surface area (Å²) in [6.07, 6.45) is 0.398. The molecule has 1 aromatic heterocycles. The van der Waals surface area contributed by atoms with E-state index in [2.05, 4.69) is 5.32 Å². The van der Waals surface area contributed by atoms with Gasteiger partial charge in [0.25, 0.3) is 11.8 Å². The van der Waals surface area contributed by atoms with E-state index < -0.39 is 12.0 Å². The van der Waals surface area contributed by atoms with E-state index in [1.807, 2.05) is 24.3 Å². The van der Waals surface area contributed by atoms with Gasteiger partial charge in [-0.3, -0.25) is 9.59 Å². The van der Waals surface area contributed by atoms with Crippen molar-refractivity contribution in [2.45, 2.75) is 25.9 Å². The van der Waals surface area contributed by atoms with Crippen LogP contribution in [0.2, 0.25) is 5.02 Å². The zero-order chi connectivity index (χ0) is 22.8. The van der Waals surface area contributed by atoms with Gasteiger partial charge in [-0.15, -0.1) is 11.3 Å². The summed E-state index contributed by atoms with van der Waals surface area (Å²) in [5, 5.41) is 3.69. The van der Waals surface area contributed by atoms with Crippen LogP contribution in [0.25, 0.3) is 0 Å². The molecule has 3 aromatic rings. The second kappa shape index (κ2) is 9.14. The summed E-state index contributed by atoms with van der Waals surface area (Å²) >= 11 is 7.29. The molecule has 1 N–H and O–H groups in total. The number of carbonyl (C=O) groups excluding carboxylic acids is 3. The van der Waals surface area contributed by atoms with Crippen molar-refractivity contribution in [2.24, 2.45) is 0 Å². The zero-order valence-corrected chi connectivity index (χ0v) is 19.1. The topological polar surface area (TPSA) is 75.7 Å². The molecule has 2 aromatic carbocycles. The highest BCUT2D eigenvalue weighted by molar-refractivity contribution is 7.18. The Morgan fingerprint density at radius 2 is 1.78 bits per heavy atom. The van der Waals surface area contributed by atoms with Crippen LogP contribution in [0.5, 0.6) is 0 Å². The summed E-state index contributed by atoms with van der Waals surface area (Å²) < 4.78 is 4.97. The number of benzene rings is 2. The lowest BCUT2D eigenvalue weighted by Crippen LogP contribution is -2.49. The molecule has 1 atom stereocenters. The third-order valence-corrected chi connectivity index (χ3v) is 6.92. The molecule has 8 heteroatoms. The number of hydrogen-bond donors (Lipinski definition) is 1. The van der Waals surface area contributed by atoms with E-state index in [1.165, 1.54) is 18.4 Å². The number of nitrogens with one attached hydrogen (secondary N) is 1. The number of aryl methyl sites for hydroxylation is 1. The largest absolute Gasteiger partial charge is 0.467 e. The lowest BCUT2D eigenvalue weighted by atomic mass is 9.93. The van der Waals surface area contributed by atoms with Gasteiger partial charge in [-0.25, -0.2) is 4.79 Å². The molecule has 6 nitrogen and oxygen atoms in total. The number of nitrogens with zero attached hydrogens (tertiary/aromatic N) is 1. The molecule has 1 aliphatic rings. The second-order valence-electron chi connectivity index (χ2n) is 7.50. The fraction of sp³-hybridized carbons (Fsp3) is 0.208. The number of methoxy groups -OCH3 is 1. The van der Waals surface area contributed by atoms with E-state index >= 15 is 0 Å². The number of halogens is 1. The number of hydrogen-bond acceptors (Lipinski definition) is 5. The van der Waals surface area contributed by atoms with Gasteiger partial charge >= 0.3 is 5.97 Å². The van der Waals surface area contributed by atoms with Crippen LogP contribution < -0.4 is 5.32 Å². The molecule has 1 aliphatic heterocycles. The minimum atomic E-state index is -0.704. The smallest absolute Gasteiger partial charge is 0.328 e. The zero-order valence-electron chi connectivity index (χ0n) is 17.6. The number of fused-ring (bicyclic) bond motifs is 1. The van der Waals surface area contributed by atoms with Crippen molar-refractivity contribution in [2.75, 3.05) is 12.4 Å². The number of rotatable bonds is 4. The van der Waals surface area contributed by atoms with Gasteiger partial charge in [0.05, 0.1) is 27.6 Å². The van der Waals surface area contributed by atoms with Crippen LogP contribution in [-0.4, -0.2) is 35.8 Å². The third kappa shape index (κ3) is 4.26. The van der Waals surface area contributed by atoms with Crippen LogP contribution in [0.15, 0.2) is 54.6 Å². The molecule has 0 saturated carbocycles. The SMILES string of the molecule is COC(=O)C1Cc2ccccc2CN1C(=O)c1sc(NC(=O)c2ccccc2Cl)cc1C. The molecular formula is C24H21ClN2O4S. The Balaban J connectivity index is 1.60.